The van der Waals surface area contributed by atoms with Crippen molar-refractivity contribution >= 4 is 5.65 Å². The fraction of sp³-hybridized carbons (Fsp3) is 0.0833. The van der Waals surface area contributed by atoms with Crippen molar-refractivity contribution in [2.75, 3.05) is 0 Å². The molecule has 0 aliphatic carbocycles. The van der Waals surface area contributed by atoms with E-state index < -0.39 is 0 Å². The molecule has 3 aromatic heterocycles. The molecule has 0 aromatic carbocycles. The lowest BCUT2D eigenvalue weighted by atomic mass is 10.2. The minimum Gasteiger partial charge on any atom is -0.303 e. The summed E-state index contributed by atoms with van der Waals surface area (Å²) >= 11 is 0. The lowest BCUT2D eigenvalue weighted by Crippen LogP contribution is -1.90. The van der Waals surface area contributed by atoms with Gasteiger partial charge < -0.3 is 4.40 Å². The Morgan fingerprint density at radius 1 is 1.12 bits per heavy atom. The monoisotopic (exact) mass is 228 g/mol. The molecule has 0 radical (unpaired) electrons. The van der Waals surface area contributed by atoms with Gasteiger partial charge in [0.1, 0.15) is 22.9 Å². The van der Waals surface area contributed by atoms with Crippen LogP contribution in [0, 0.1) is 12.7 Å². The van der Waals surface area contributed by atoms with Crippen molar-refractivity contribution in [1.82, 2.24) is 19.4 Å². The third-order valence-corrected chi connectivity index (χ3v) is 2.54. The SMILES string of the molecule is Cc1nccnc1-c1cn2cc(F)ccc2n1. The first-order valence-electron chi connectivity index (χ1n) is 5.16. The van der Waals surface area contributed by atoms with Gasteiger partial charge in [0.2, 0.25) is 0 Å². The number of nitrogens with zero attached hydrogens (tertiary/aromatic N) is 4. The van der Waals surface area contributed by atoms with Crippen molar-refractivity contribution in [1.29, 1.82) is 0 Å². The van der Waals surface area contributed by atoms with E-state index in [1.807, 2.05) is 6.92 Å². The Morgan fingerprint density at radius 3 is 2.76 bits per heavy atom. The summed E-state index contributed by atoms with van der Waals surface area (Å²) in [6.45, 7) is 1.87. The standard InChI is InChI=1S/C12H9FN4/c1-8-12(15-5-4-14-8)10-7-17-6-9(13)2-3-11(17)16-10/h2-7H,1H3. The van der Waals surface area contributed by atoms with Gasteiger partial charge in [0.15, 0.2) is 0 Å². The largest absolute Gasteiger partial charge is 0.303 e. The van der Waals surface area contributed by atoms with E-state index in [1.165, 1.54) is 12.3 Å². The molecule has 84 valence electrons. The van der Waals surface area contributed by atoms with Gasteiger partial charge in [-0.25, -0.2) is 9.37 Å². The zero-order valence-corrected chi connectivity index (χ0v) is 9.13. The second-order valence-corrected chi connectivity index (χ2v) is 3.73. The lowest BCUT2D eigenvalue weighted by Gasteiger charge is -1.97. The molecule has 0 fully saturated rings. The van der Waals surface area contributed by atoms with Gasteiger partial charge in [0.05, 0.1) is 5.69 Å². The molecule has 3 rings (SSSR count). The Hall–Kier alpha value is -2.30. The van der Waals surface area contributed by atoms with E-state index in [1.54, 1.807) is 29.1 Å². The lowest BCUT2D eigenvalue weighted by molar-refractivity contribution is 0.619. The van der Waals surface area contributed by atoms with Crippen molar-refractivity contribution in [2.45, 2.75) is 6.92 Å². The Labute approximate surface area is 96.8 Å². The average Bonchev–Trinajstić information content (AvgIpc) is 2.72. The van der Waals surface area contributed by atoms with Crippen LogP contribution >= 0.6 is 0 Å². The molecular weight excluding hydrogens is 219 g/mol. The van der Waals surface area contributed by atoms with Crippen LogP contribution in [0.1, 0.15) is 5.69 Å². The van der Waals surface area contributed by atoms with Gasteiger partial charge in [0.25, 0.3) is 0 Å². The fourth-order valence-electron chi connectivity index (χ4n) is 1.74. The fourth-order valence-corrected chi connectivity index (χ4v) is 1.74. The molecule has 0 atom stereocenters. The van der Waals surface area contributed by atoms with E-state index in [0.717, 1.165) is 11.4 Å². The Bertz CT molecular complexity index is 690. The van der Waals surface area contributed by atoms with Gasteiger partial charge in [-0.2, -0.15) is 0 Å². The molecule has 0 saturated carbocycles. The van der Waals surface area contributed by atoms with Crippen molar-refractivity contribution in [2.24, 2.45) is 0 Å². The van der Waals surface area contributed by atoms with Gasteiger partial charge in [-0.05, 0) is 19.1 Å². The normalized spacial score (nSPS) is 10.9. The molecule has 0 amide bonds. The maximum absolute atomic E-state index is 13.1. The van der Waals surface area contributed by atoms with E-state index in [4.69, 9.17) is 0 Å². The average molecular weight is 228 g/mol. The number of rotatable bonds is 1. The van der Waals surface area contributed by atoms with Gasteiger partial charge >= 0.3 is 0 Å². The highest BCUT2D eigenvalue weighted by molar-refractivity contribution is 5.60. The highest BCUT2D eigenvalue weighted by Gasteiger charge is 2.08. The second kappa shape index (κ2) is 3.62. The number of pyridine rings is 1. The number of hydrogen-bond acceptors (Lipinski definition) is 3. The number of imidazole rings is 1. The number of fused-ring (bicyclic) bond motifs is 1. The van der Waals surface area contributed by atoms with Crippen molar-refractivity contribution in [3.8, 4) is 11.4 Å². The van der Waals surface area contributed by atoms with Crippen LogP contribution in [0.15, 0.2) is 36.9 Å². The molecule has 0 bridgehead atoms. The molecule has 3 aromatic rings. The van der Waals surface area contributed by atoms with Crippen LogP contribution < -0.4 is 0 Å². The van der Waals surface area contributed by atoms with Gasteiger partial charge in [0, 0.05) is 24.8 Å². The molecule has 0 saturated heterocycles. The second-order valence-electron chi connectivity index (χ2n) is 3.73. The molecule has 0 spiro atoms. The third kappa shape index (κ3) is 1.65. The molecular formula is C12H9FN4. The summed E-state index contributed by atoms with van der Waals surface area (Å²) in [6, 6.07) is 3.01. The van der Waals surface area contributed by atoms with E-state index >= 15 is 0 Å². The summed E-state index contributed by atoms with van der Waals surface area (Å²) in [5.41, 5.74) is 2.90. The predicted molar refractivity (Wildman–Crippen MR) is 60.9 cm³/mol. The Morgan fingerprint density at radius 2 is 1.94 bits per heavy atom. The zero-order chi connectivity index (χ0) is 11.8. The zero-order valence-electron chi connectivity index (χ0n) is 9.13. The smallest absolute Gasteiger partial charge is 0.139 e. The van der Waals surface area contributed by atoms with Crippen molar-refractivity contribution < 1.29 is 4.39 Å². The van der Waals surface area contributed by atoms with Crippen LogP contribution in [0.5, 0.6) is 0 Å². The summed E-state index contributed by atoms with van der Waals surface area (Å²) in [5.74, 6) is -0.294. The predicted octanol–water partition coefficient (Wildman–Crippen LogP) is 2.24. The molecule has 17 heavy (non-hydrogen) atoms. The van der Waals surface area contributed by atoms with Gasteiger partial charge in [-0.1, -0.05) is 0 Å². The maximum Gasteiger partial charge on any atom is 0.139 e. The molecule has 0 unspecified atom stereocenters. The highest BCUT2D eigenvalue weighted by atomic mass is 19.1. The first-order chi connectivity index (χ1) is 8.24. The number of aryl methyl sites for hydroxylation is 1. The summed E-state index contributed by atoms with van der Waals surface area (Å²) < 4.78 is 14.7. The van der Waals surface area contributed by atoms with E-state index in [9.17, 15) is 4.39 Å². The third-order valence-electron chi connectivity index (χ3n) is 2.54. The number of halogens is 1. The summed E-state index contributed by atoms with van der Waals surface area (Å²) in [7, 11) is 0. The van der Waals surface area contributed by atoms with Crippen LogP contribution in [0.2, 0.25) is 0 Å². The number of aromatic nitrogens is 4. The highest BCUT2D eigenvalue weighted by Crippen LogP contribution is 2.18. The minimum absolute atomic E-state index is 0.294. The van der Waals surface area contributed by atoms with Crippen LogP contribution in [-0.4, -0.2) is 19.4 Å². The van der Waals surface area contributed by atoms with E-state index in [2.05, 4.69) is 15.0 Å². The van der Waals surface area contributed by atoms with E-state index in [-0.39, 0.29) is 5.82 Å². The first kappa shape index (κ1) is 9.89. The molecule has 5 heteroatoms. The Kier molecular flexibility index (Phi) is 2.11. The molecule has 4 nitrogen and oxygen atoms in total. The van der Waals surface area contributed by atoms with Crippen molar-refractivity contribution in [3.63, 3.8) is 0 Å². The minimum atomic E-state index is -0.294. The van der Waals surface area contributed by atoms with Crippen LogP contribution in [0.4, 0.5) is 4.39 Å². The summed E-state index contributed by atoms with van der Waals surface area (Å²) in [4.78, 5) is 12.8. The van der Waals surface area contributed by atoms with Crippen LogP contribution in [0.25, 0.3) is 17.0 Å². The Balaban J connectivity index is 2.22. The van der Waals surface area contributed by atoms with Gasteiger partial charge in [-0.3, -0.25) is 9.97 Å². The molecule has 0 aliphatic rings. The first-order valence-corrected chi connectivity index (χ1v) is 5.16. The quantitative estimate of drug-likeness (QED) is 0.641. The topological polar surface area (TPSA) is 43.1 Å². The number of hydrogen-bond donors (Lipinski definition) is 0. The molecule has 0 aliphatic heterocycles. The molecule has 3 heterocycles. The van der Waals surface area contributed by atoms with Crippen LogP contribution in [-0.2, 0) is 0 Å². The molecule has 0 N–H and O–H groups in total. The summed E-state index contributed by atoms with van der Waals surface area (Å²) in [5, 5.41) is 0. The summed E-state index contributed by atoms with van der Waals surface area (Å²) in [6.07, 6.45) is 6.38. The maximum atomic E-state index is 13.1. The van der Waals surface area contributed by atoms with Crippen molar-refractivity contribution in [3.05, 3.63) is 48.4 Å². The van der Waals surface area contributed by atoms with Crippen LogP contribution in [0.3, 0.4) is 0 Å². The van der Waals surface area contributed by atoms with E-state index in [0.29, 0.717) is 11.3 Å². The van der Waals surface area contributed by atoms with Gasteiger partial charge in [-0.15, -0.1) is 0 Å².